The number of anilines is 1. The lowest BCUT2D eigenvalue weighted by Crippen LogP contribution is -2.35. The van der Waals surface area contributed by atoms with Crippen molar-refractivity contribution in [2.45, 2.75) is 33.7 Å². The van der Waals surface area contributed by atoms with Gasteiger partial charge in [0.15, 0.2) is 10.6 Å². The normalized spacial score (nSPS) is 10.8. The molecular weight excluding hydrogens is 394 g/mol. The van der Waals surface area contributed by atoms with Crippen LogP contribution in [0.4, 0.5) is 5.69 Å². The number of aromatic nitrogens is 3. The number of aromatic amines is 1. The molecule has 0 spiro atoms. The number of hydrogen-bond acceptors (Lipinski definition) is 4. The summed E-state index contributed by atoms with van der Waals surface area (Å²) in [5, 5.41) is 10.2. The van der Waals surface area contributed by atoms with Crippen molar-refractivity contribution in [1.82, 2.24) is 20.1 Å². The summed E-state index contributed by atoms with van der Waals surface area (Å²) in [6.07, 6.45) is 0.350. The molecule has 7 heteroatoms. The predicted octanol–water partition coefficient (Wildman–Crippen LogP) is 4.26. The minimum Gasteiger partial charge on any atom is -0.370 e. The van der Waals surface area contributed by atoms with E-state index >= 15 is 0 Å². The lowest BCUT2D eigenvalue weighted by Gasteiger charge is -2.23. The Morgan fingerprint density at radius 1 is 1.17 bits per heavy atom. The highest BCUT2D eigenvalue weighted by molar-refractivity contribution is 7.71. The van der Waals surface area contributed by atoms with Crippen LogP contribution in [0.1, 0.15) is 24.5 Å². The molecular formula is C23H29N5OS. The molecule has 0 aliphatic carbocycles. The summed E-state index contributed by atoms with van der Waals surface area (Å²) in [6, 6.07) is 16.5. The summed E-state index contributed by atoms with van der Waals surface area (Å²) in [7, 11) is 0. The van der Waals surface area contributed by atoms with Crippen LogP contribution < -0.4 is 10.2 Å². The Labute approximate surface area is 182 Å². The van der Waals surface area contributed by atoms with Crippen molar-refractivity contribution in [3.63, 3.8) is 0 Å². The third-order valence-corrected chi connectivity index (χ3v) is 5.39. The zero-order chi connectivity index (χ0) is 21.5. The fourth-order valence-corrected chi connectivity index (χ4v) is 3.60. The van der Waals surface area contributed by atoms with Crippen molar-refractivity contribution in [2.24, 2.45) is 0 Å². The van der Waals surface area contributed by atoms with Crippen LogP contribution >= 0.6 is 12.2 Å². The molecule has 0 fully saturated rings. The van der Waals surface area contributed by atoms with Crippen molar-refractivity contribution >= 4 is 23.8 Å². The van der Waals surface area contributed by atoms with Gasteiger partial charge in [-0.25, -0.2) is 0 Å². The van der Waals surface area contributed by atoms with E-state index in [1.54, 1.807) is 0 Å². The quantitative estimate of drug-likeness (QED) is 0.505. The number of H-pyrrole nitrogens is 1. The van der Waals surface area contributed by atoms with E-state index in [-0.39, 0.29) is 5.91 Å². The summed E-state index contributed by atoms with van der Waals surface area (Å²) in [5.74, 6) is 0.762. The number of carbonyl (C=O) groups is 1. The Bertz CT molecular complexity index is 1040. The lowest BCUT2D eigenvalue weighted by atomic mass is 10.1. The highest BCUT2D eigenvalue weighted by atomic mass is 32.1. The van der Waals surface area contributed by atoms with E-state index in [0.717, 1.165) is 24.5 Å². The molecule has 0 unspecified atom stereocenters. The lowest BCUT2D eigenvalue weighted by molar-refractivity contribution is -0.121. The first-order valence-electron chi connectivity index (χ1n) is 10.3. The maximum atomic E-state index is 12.4. The van der Waals surface area contributed by atoms with Crippen molar-refractivity contribution in [3.8, 4) is 11.4 Å². The van der Waals surface area contributed by atoms with E-state index in [2.05, 4.69) is 58.5 Å². The topological polar surface area (TPSA) is 66.0 Å². The summed E-state index contributed by atoms with van der Waals surface area (Å²) >= 11 is 5.36. The molecule has 1 aromatic heterocycles. The van der Waals surface area contributed by atoms with Crippen molar-refractivity contribution < 1.29 is 4.79 Å². The van der Waals surface area contributed by atoms with Crippen LogP contribution in [-0.2, 0) is 11.3 Å². The average Bonchev–Trinajstić information content (AvgIpc) is 3.10. The molecule has 0 aliphatic rings. The molecule has 0 bridgehead atoms. The number of aryl methyl sites for hydroxylation is 2. The molecule has 0 saturated carbocycles. The predicted molar refractivity (Wildman–Crippen MR) is 124 cm³/mol. The molecule has 3 rings (SSSR count). The second-order valence-corrected chi connectivity index (χ2v) is 7.78. The minimum absolute atomic E-state index is 0.00764. The molecule has 6 nitrogen and oxygen atoms in total. The van der Waals surface area contributed by atoms with Gasteiger partial charge in [-0.1, -0.05) is 42.0 Å². The van der Waals surface area contributed by atoms with Gasteiger partial charge in [0.05, 0.1) is 0 Å². The van der Waals surface area contributed by atoms with E-state index in [4.69, 9.17) is 12.2 Å². The molecule has 0 aliphatic heterocycles. The van der Waals surface area contributed by atoms with Gasteiger partial charge in [-0.05, 0) is 50.7 Å². The first-order valence-corrected chi connectivity index (χ1v) is 10.7. The van der Waals surface area contributed by atoms with Gasteiger partial charge < -0.3 is 10.2 Å². The van der Waals surface area contributed by atoms with Crippen molar-refractivity contribution in [2.75, 3.05) is 24.5 Å². The van der Waals surface area contributed by atoms with Gasteiger partial charge in [0, 0.05) is 43.9 Å². The molecule has 0 saturated heterocycles. The molecule has 30 heavy (non-hydrogen) atoms. The molecule has 158 valence electrons. The molecule has 3 aromatic rings. The second-order valence-electron chi connectivity index (χ2n) is 7.39. The maximum absolute atomic E-state index is 12.4. The monoisotopic (exact) mass is 423 g/mol. The van der Waals surface area contributed by atoms with Gasteiger partial charge in [0.25, 0.3) is 0 Å². The SMILES string of the molecule is CCN(CCNC(=O)CCn1c(-c2ccc(C)cc2)n[nH]c1=S)c1cccc(C)c1. The van der Waals surface area contributed by atoms with Crippen LogP contribution in [0.15, 0.2) is 48.5 Å². The number of likely N-dealkylation sites (N-methyl/N-ethyl adjacent to an activating group) is 1. The molecule has 1 amide bonds. The van der Waals surface area contributed by atoms with E-state index in [9.17, 15) is 4.79 Å². The zero-order valence-corrected chi connectivity index (χ0v) is 18.6. The van der Waals surface area contributed by atoms with Gasteiger partial charge in [0.1, 0.15) is 0 Å². The first kappa shape index (κ1) is 21.8. The van der Waals surface area contributed by atoms with E-state index < -0.39 is 0 Å². The standard InChI is InChI=1S/C23H29N5OS/c1-4-27(20-7-5-6-18(3)16-20)15-13-24-21(29)12-14-28-22(25-26-23(28)30)19-10-8-17(2)9-11-19/h5-11,16H,4,12-15H2,1-3H3,(H,24,29)(H,26,30). The fourth-order valence-electron chi connectivity index (χ4n) is 3.37. The molecule has 2 N–H and O–H groups in total. The van der Waals surface area contributed by atoms with Gasteiger partial charge in [-0.15, -0.1) is 0 Å². The van der Waals surface area contributed by atoms with Gasteiger partial charge in [0.2, 0.25) is 5.91 Å². The second kappa shape index (κ2) is 10.2. The van der Waals surface area contributed by atoms with Crippen molar-refractivity contribution in [1.29, 1.82) is 0 Å². The van der Waals surface area contributed by atoms with Crippen LogP contribution in [0, 0.1) is 18.6 Å². The number of rotatable bonds is 9. The summed E-state index contributed by atoms with van der Waals surface area (Å²) in [5.41, 5.74) is 4.58. The van der Waals surface area contributed by atoms with Crippen LogP contribution in [0.3, 0.4) is 0 Å². The number of amides is 1. The summed E-state index contributed by atoms with van der Waals surface area (Å²) in [6.45, 7) is 9.00. The largest absolute Gasteiger partial charge is 0.370 e. The van der Waals surface area contributed by atoms with E-state index in [0.29, 0.717) is 24.3 Å². The Balaban J connectivity index is 1.53. The summed E-state index contributed by atoms with van der Waals surface area (Å²) < 4.78 is 2.40. The first-order chi connectivity index (χ1) is 14.5. The molecule has 2 aromatic carbocycles. The average molecular weight is 424 g/mol. The number of nitrogens with zero attached hydrogens (tertiary/aromatic N) is 3. The minimum atomic E-state index is 0.00764. The Kier molecular flexibility index (Phi) is 7.41. The summed E-state index contributed by atoms with van der Waals surface area (Å²) in [4.78, 5) is 14.7. The highest BCUT2D eigenvalue weighted by Crippen LogP contribution is 2.18. The zero-order valence-electron chi connectivity index (χ0n) is 17.8. The Morgan fingerprint density at radius 3 is 2.63 bits per heavy atom. The highest BCUT2D eigenvalue weighted by Gasteiger charge is 2.11. The van der Waals surface area contributed by atoms with Crippen LogP contribution in [0.5, 0.6) is 0 Å². The third-order valence-electron chi connectivity index (χ3n) is 5.08. The van der Waals surface area contributed by atoms with E-state index in [1.165, 1.54) is 16.8 Å². The fraction of sp³-hybridized carbons (Fsp3) is 0.348. The smallest absolute Gasteiger partial charge is 0.221 e. The van der Waals surface area contributed by atoms with Crippen LogP contribution in [-0.4, -0.2) is 40.3 Å². The number of nitrogens with one attached hydrogen (secondary N) is 2. The van der Waals surface area contributed by atoms with Crippen LogP contribution in [0.25, 0.3) is 11.4 Å². The Hall–Kier alpha value is -2.93. The maximum Gasteiger partial charge on any atom is 0.221 e. The van der Waals surface area contributed by atoms with Crippen molar-refractivity contribution in [3.05, 3.63) is 64.4 Å². The van der Waals surface area contributed by atoms with Crippen LogP contribution in [0.2, 0.25) is 0 Å². The van der Waals surface area contributed by atoms with E-state index in [1.807, 2.05) is 35.8 Å². The molecule has 0 radical (unpaired) electrons. The van der Waals surface area contributed by atoms with Gasteiger partial charge in [-0.3, -0.25) is 14.5 Å². The third kappa shape index (κ3) is 5.57. The molecule has 1 heterocycles. The number of benzene rings is 2. The number of hydrogen-bond donors (Lipinski definition) is 2. The number of carbonyl (C=O) groups excluding carboxylic acids is 1. The van der Waals surface area contributed by atoms with Gasteiger partial charge >= 0.3 is 0 Å². The van der Waals surface area contributed by atoms with Gasteiger partial charge in [-0.2, -0.15) is 5.10 Å². The molecule has 0 atom stereocenters. The Morgan fingerprint density at radius 2 is 1.93 bits per heavy atom.